The van der Waals surface area contributed by atoms with Gasteiger partial charge in [0.2, 0.25) is 5.95 Å². The summed E-state index contributed by atoms with van der Waals surface area (Å²) in [4.78, 5) is 11.8. The molecule has 1 aromatic heterocycles. The number of nitriles is 1. The lowest BCUT2D eigenvalue weighted by molar-refractivity contribution is -0.0741. The molecule has 4 aliphatic carbocycles. The van der Waals surface area contributed by atoms with E-state index >= 15 is 0 Å². The van der Waals surface area contributed by atoms with Crippen LogP contribution in [0.5, 0.6) is 0 Å². The molecular weight excluding hydrogens is 546 g/mol. The summed E-state index contributed by atoms with van der Waals surface area (Å²) in [5.41, 5.74) is 1.78. The number of nitrogens with zero attached hydrogens (tertiary/aromatic N) is 4. The van der Waals surface area contributed by atoms with Crippen molar-refractivity contribution in [2.75, 3.05) is 43.5 Å². The number of likely N-dealkylation sites (tertiary alicyclic amines) is 1. The van der Waals surface area contributed by atoms with E-state index in [0.29, 0.717) is 46.4 Å². The van der Waals surface area contributed by atoms with Gasteiger partial charge in [-0.3, -0.25) is 0 Å². The third-order valence-corrected chi connectivity index (χ3v) is 11.4. The Balaban J connectivity index is 0.956. The second-order valence-corrected chi connectivity index (χ2v) is 14.1. The van der Waals surface area contributed by atoms with Gasteiger partial charge in [-0.25, -0.2) is 4.98 Å². The maximum atomic E-state index is 9.77. The Hall–Kier alpha value is -2.44. The topological polar surface area (TPSA) is 98.1 Å². The van der Waals surface area contributed by atoms with Crippen LogP contribution in [-0.2, 0) is 11.3 Å². The molecule has 6 aliphatic rings. The molecule has 4 saturated carbocycles. The molecule has 5 atom stereocenters. The van der Waals surface area contributed by atoms with Crippen LogP contribution in [-0.4, -0.2) is 65.8 Å². The Kier molecular flexibility index (Phi) is 8.28. The van der Waals surface area contributed by atoms with E-state index in [-0.39, 0.29) is 0 Å². The number of benzene rings is 1. The van der Waals surface area contributed by atoms with Crippen molar-refractivity contribution in [1.29, 1.82) is 5.26 Å². The average Bonchev–Trinajstić information content (AvgIpc) is 3.02. The molecule has 2 aromatic rings. The molecule has 0 radical (unpaired) electrons. The zero-order chi connectivity index (χ0) is 28.5. The Morgan fingerprint density at radius 3 is 2.52 bits per heavy atom. The van der Waals surface area contributed by atoms with E-state index in [0.717, 1.165) is 49.1 Å². The number of halogens is 1. The lowest BCUT2D eigenvalue weighted by atomic mass is 9.48. The van der Waals surface area contributed by atoms with Gasteiger partial charge in [0, 0.05) is 49.5 Å². The molecule has 2 saturated heterocycles. The van der Waals surface area contributed by atoms with Crippen LogP contribution in [0.15, 0.2) is 30.5 Å². The van der Waals surface area contributed by atoms with Gasteiger partial charge in [0.1, 0.15) is 17.5 Å². The summed E-state index contributed by atoms with van der Waals surface area (Å²) in [6.07, 6.45) is 13.2. The van der Waals surface area contributed by atoms with Crippen molar-refractivity contribution >= 4 is 23.4 Å². The van der Waals surface area contributed by atoms with E-state index in [1.807, 2.05) is 24.3 Å². The molecular formula is C33H44ClN7O. The summed E-state index contributed by atoms with van der Waals surface area (Å²) in [5.74, 6) is 3.51. The van der Waals surface area contributed by atoms with Crippen LogP contribution < -0.4 is 16.0 Å². The number of aromatic nitrogens is 2. The molecule has 3 N–H and O–H groups in total. The van der Waals surface area contributed by atoms with E-state index in [9.17, 15) is 5.26 Å². The first-order chi connectivity index (χ1) is 20.6. The van der Waals surface area contributed by atoms with Gasteiger partial charge in [0.25, 0.3) is 0 Å². The number of hydrogen-bond acceptors (Lipinski definition) is 8. The highest BCUT2D eigenvalue weighted by molar-refractivity contribution is 6.31. The quantitative estimate of drug-likeness (QED) is 0.355. The van der Waals surface area contributed by atoms with Crippen LogP contribution in [0.25, 0.3) is 0 Å². The van der Waals surface area contributed by atoms with E-state index in [2.05, 4.69) is 31.9 Å². The first-order valence-corrected chi connectivity index (χ1v) is 16.5. The van der Waals surface area contributed by atoms with Crippen molar-refractivity contribution < 1.29 is 4.74 Å². The minimum atomic E-state index is 0.296. The Bertz CT molecular complexity index is 1270. The SMILES string of the molecule is N#Cc1cnc(NCc2ccccc2Cl)nc1NC[C@]12CC3C[C@H](C1)[C@@H](NC1CCN(C4CCOCC4)CC1)[C@@H](C3)C2. The van der Waals surface area contributed by atoms with Gasteiger partial charge in [-0.2, -0.15) is 10.2 Å². The summed E-state index contributed by atoms with van der Waals surface area (Å²) < 4.78 is 5.59. The van der Waals surface area contributed by atoms with Gasteiger partial charge in [0.15, 0.2) is 0 Å². The zero-order valence-corrected chi connectivity index (χ0v) is 25.3. The number of piperidine rings is 1. The highest BCUT2D eigenvalue weighted by Crippen LogP contribution is 2.60. The number of hydrogen-bond donors (Lipinski definition) is 3. The lowest BCUT2D eigenvalue weighted by Gasteiger charge is -2.61. The lowest BCUT2D eigenvalue weighted by Crippen LogP contribution is -2.62. The highest BCUT2D eigenvalue weighted by Gasteiger charge is 2.55. The normalized spacial score (nSPS) is 31.6. The number of rotatable bonds is 9. The molecule has 0 amide bonds. The maximum absolute atomic E-state index is 9.77. The van der Waals surface area contributed by atoms with E-state index in [4.69, 9.17) is 21.3 Å². The minimum Gasteiger partial charge on any atom is -0.381 e. The molecule has 1 aromatic carbocycles. The van der Waals surface area contributed by atoms with Gasteiger partial charge in [-0.05, 0) is 106 Å². The second-order valence-electron chi connectivity index (χ2n) is 13.7. The molecule has 0 spiro atoms. The van der Waals surface area contributed by atoms with Crippen LogP contribution in [0, 0.1) is 34.5 Å². The second kappa shape index (κ2) is 12.3. The van der Waals surface area contributed by atoms with Crippen LogP contribution in [0.2, 0.25) is 5.02 Å². The Morgan fingerprint density at radius 1 is 1.02 bits per heavy atom. The molecule has 224 valence electrons. The Labute approximate surface area is 255 Å². The van der Waals surface area contributed by atoms with Crippen LogP contribution in [0.4, 0.5) is 11.8 Å². The maximum Gasteiger partial charge on any atom is 0.224 e. The molecule has 8 nitrogen and oxygen atoms in total. The standard InChI is InChI=1S/C33H44ClN7O/c34-29-4-2-1-3-23(29)19-36-32-37-20-26(18-35)31(40-32)38-21-33-15-22-13-24(16-33)30(25(14-22)17-33)39-27-5-9-41(10-6-27)28-7-11-42-12-8-28/h1-4,20,22,24-25,27-28,30,39H,5-17,19,21H2,(H2,36,37,38,40)/t22?,24-,25+,30-,33-. The number of anilines is 2. The van der Waals surface area contributed by atoms with Crippen molar-refractivity contribution in [2.24, 2.45) is 23.2 Å². The van der Waals surface area contributed by atoms with Gasteiger partial charge in [-0.1, -0.05) is 29.8 Å². The van der Waals surface area contributed by atoms with Gasteiger partial charge >= 0.3 is 0 Å². The molecule has 42 heavy (non-hydrogen) atoms. The van der Waals surface area contributed by atoms with Gasteiger partial charge in [-0.15, -0.1) is 0 Å². The third-order valence-electron chi connectivity index (χ3n) is 11.0. The molecule has 2 aliphatic heterocycles. The number of ether oxygens (including phenoxy) is 1. The molecule has 3 heterocycles. The van der Waals surface area contributed by atoms with Crippen molar-refractivity contribution in [3.8, 4) is 6.07 Å². The predicted molar refractivity (Wildman–Crippen MR) is 165 cm³/mol. The largest absolute Gasteiger partial charge is 0.381 e. The molecule has 6 fully saturated rings. The smallest absolute Gasteiger partial charge is 0.224 e. The average molecular weight is 590 g/mol. The van der Waals surface area contributed by atoms with E-state index in [1.54, 1.807) is 6.20 Å². The summed E-state index contributed by atoms with van der Waals surface area (Å²) in [6, 6.07) is 12.1. The van der Waals surface area contributed by atoms with Crippen molar-refractivity contribution in [1.82, 2.24) is 20.2 Å². The van der Waals surface area contributed by atoms with E-state index in [1.165, 1.54) is 70.9 Å². The first kappa shape index (κ1) is 28.3. The van der Waals surface area contributed by atoms with Crippen molar-refractivity contribution in [2.45, 2.75) is 82.5 Å². The summed E-state index contributed by atoms with van der Waals surface area (Å²) in [6.45, 7) is 5.74. The Morgan fingerprint density at radius 2 is 1.79 bits per heavy atom. The predicted octanol–water partition coefficient (Wildman–Crippen LogP) is 5.45. The highest BCUT2D eigenvalue weighted by atomic mass is 35.5. The van der Waals surface area contributed by atoms with Gasteiger partial charge in [0.05, 0.1) is 6.20 Å². The molecule has 9 heteroatoms. The molecule has 8 rings (SSSR count). The van der Waals surface area contributed by atoms with Crippen molar-refractivity contribution in [3.05, 3.63) is 46.6 Å². The fourth-order valence-electron chi connectivity index (χ4n) is 9.21. The van der Waals surface area contributed by atoms with Crippen LogP contribution in [0.3, 0.4) is 0 Å². The van der Waals surface area contributed by atoms with Crippen LogP contribution >= 0.6 is 11.6 Å². The zero-order valence-electron chi connectivity index (χ0n) is 24.5. The fourth-order valence-corrected chi connectivity index (χ4v) is 9.41. The first-order valence-electron chi connectivity index (χ1n) is 16.1. The van der Waals surface area contributed by atoms with Crippen LogP contribution in [0.1, 0.15) is 68.9 Å². The fraction of sp³-hybridized carbons (Fsp3) is 0.667. The molecule has 4 bridgehead atoms. The third kappa shape index (κ3) is 5.99. The van der Waals surface area contributed by atoms with Gasteiger partial charge < -0.3 is 25.6 Å². The van der Waals surface area contributed by atoms with E-state index < -0.39 is 0 Å². The minimum absolute atomic E-state index is 0.296. The van der Waals surface area contributed by atoms with Crippen molar-refractivity contribution in [3.63, 3.8) is 0 Å². The summed E-state index contributed by atoms with van der Waals surface area (Å²) in [7, 11) is 0. The monoisotopic (exact) mass is 589 g/mol. The summed E-state index contributed by atoms with van der Waals surface area (Å²) in [5, 5.41) is 21.6. The molecule has 1 unspecified atom stereocenters. The number of nitrogens with one attached hydrogen (secondary N) is 3. The summed E-state index contributed by atoms with van der Waals surface area (Å²) >= 11 is 6.32.